The zero-order valence-electron chi connectivity index (χ0n) is 22.6. The molecule has 13 heteroatoms. The maximum absolute atomic E-state index is 13.7. The highest BCUT2D eigenvalue weighted by atomic mass is 16.7. The van der Waals surface area contributed by atoms with Gasteiger partial charge >= 0.3 is 25.0 Å². The monoisotopic (exact) mass is 553 g/mol. The number of ketones is 1. The van der Waals surface area contributed by atoms with Gasteiger partial charge in [0.25, 0.3) is 5.91 Å². The van der Waals surface area contributed by atoms with Gasteiger partial charge in [0.05, 0.1) is 32.2 Å². The second-order valence-corrected chi connectivity index (χ2v) is 10.1. The zero-order chi connectivity index (χ0) is 29.3. The van der Waals surface area contributed by atoms with Crippen LogP contribution in [0.1, 0.15) is 55.6 Å². The van der Waals surface area contributed by atoms with Gasteiger partial charge in [-0.1, -0.05) is 44.2 Å². The zero-order valence-corrected chi connectivity index (χ0v) is 22.6. The summed E-state index contributed by atoms with van der Waals surface area (Å²) in [6, 6.07) is 8.17. The van der Waals surface area contributed by atoms with Gasteiger partial charge in [0.15, 0.2) is 11.4 Å². The first kappa shape index (κ1) is 30.4. The Kier molecular flexibility index (Phi) is 10.5. The van der Waals surface area contributed by atoms with Crippen LogP contribution in [0.2, 0.25) is 5.82 Å². The van der Waals surface area contributed by atoms with Gasteiger partial charge in [0.2, 0.25) is 0 Å². The van der Waals surface area contributed by atoms with Crippen molar-refractivity contribution in [2.75, 3.05) is 7.11 Å². The number of hydrogen-bond acceptors (Lipinski definition) is 10. The molecule has 0 bridgehead atoms. The lowest BCUT2D eigenvalue weighted by Gasteiger charge is -2.25. The Morgan fingerprint density at radius 2 is 1.85 bits per heavy atom. The van der Waals surface area contributed by atoms with E-state index in [4.69, 9.17) is 9.31 Å². The summed E-state index contributed by atoms with van der Waals surface area (Å²) >= 11 is 0. The number of Topliss-reactive ketones (excluding diaryl/α,β-unsaturated/α-hetero) is 1. The Balaban J connectivity index is 1.85. The Bertz CT molecular complexity index is 1210. The second-order valence-electron chi connectivity index (χ2n) is 10.1. The standard InChI is InChI=1S/C27H32BN3O9/c1-17(2)11-19(28-39-26(37)27(40-28,14-23(33)34)15-24(35)38-3)13-22(32)20(12-18-7-5-4-6-8-18)31-25(36)21-16-29-9-10-30-21/h4-10,16-17,19-20H,11-15H2,1-3H3,(H,31,36)(H,33,34)/t19-,20+,27?/m1/s1. The maximum Gasteiger partial charge on any atom is 0.531 e. The molecule has 0 aliphatic carbocycles. The highest BCUT2D eigenvalue weighted by Crippen LogP contribution is 2.38. The molecule has 3 atom stereocenters. The van der Waals surface area contributed by atoms with Crippen molar-refractivity contribution < 1.29 is 43.1 Å². The molecule has 1 saturated heterocycles. The number of carbonyl (C=O) groups is 5. The summed E-state index contributed by atoms with van der Waals surface area (Å²) in [4.78, 5) is 70.9. The summed E-state index contributed by atoms with van der Waals surface area (Å²) in [5.74, 6) is -4.80. The lowest BCUT2D eigenvalue weighted by Crippen LogP contribution is -2.44. The van der Waals surface area contributed by atoms with Crippen molar-refractivity contribution in [2.24, 2.45) is 5.92 Å². The summed E-state index contributed by atoms with van der Waals surface area (Å²) in [6.07, 6.45) is 3.02. The molecule has 1 unspecified atom stereocenters. The molecule has 2 heterocycles. The first-order valence-electron chi connectivity index (χ1n) is 12.8. The number of aromatic nitrogens is 2. The van der Waals surface area contributed by atoms with E-state index in [0.717, 1.165) is 12.7 Å². The van der Waals surface area contributed by atoms with E-state index in [9.17, 15) is 29.1 Å². The number of ether oxygens (including phenoxy) is 1. The average Bonchev–Trinajstić information content (AvgIpc) is 3.22. The van der Waals surface area contributed by atoms with Crippen LogP contribution >= 0.6 is 0 Å². The van der Waals surface area contributed by atoms with Gasteiger partial charge in [0, 0.05) is 24.6 Å². The SMILES string of the molecule is COC(=O)CC1(CC(=O)O)OB([C@@H](CC(=O)[C@H](Cc2ccccc2)NC(=O)c2cnccn2)CC(C)C)OC1=O. The fourth-order valence-corrected chi connectivity index (χ4v) is 4.58. The summed E-state index contributed by atoms with van der Waals surface area (Å²) in [5.41, 5.74) is -1.23. The Labute approximate surface area is 232 Å². The van der Waals surface area contributed by atoms with Crippen LogP contribution in [-0.4, -0.2) is 70.5 Å². The van der Waals surface area contributed by atoms with Gasteiger partial charge < -0.3 is 24.5 Å². The minimum absolute atomic E-state index is 0.0388. The van der Waals surface area contributed by atoms with Gasteiger partial charge in [-0.2, -0.15) is 0 Å². The van der Waals surface area contributed by atoms with Crippen molar-refractivity contribution in [3.8, 4) is 0 Å². The predicted octanol–water partition coefficient (Wildman–Crippen LogP) is 2.03. The molecule has 40 heavy (non-hydrogen) atoms. The largest absolute Gasteiger partial charge is 0.531 e. The quantitative estimate of drug-likeness (QED) is 0.259. The number of carbonyl (C=O) groups excluding carboxylic acids is 4. The number of carboxylic acids is 1. The molecule has 1 aromatic carbocycles. The van der Waals surface area contributed by atoms with Crippen LogP contribution in [0, 0.1) is 5.92 Å². The lowest BCUT2D eigenvalue weighted by atomic mass is 9.65. The molecule has 212 valence electrons. The lowest BCUT2D eigenvalue weighted by molar-refractivity contribution is -0.159. The van der Waals surface area contributed by atoms with E-state index in [1.807, 2.05) is 44.2 Å². The molecule has 1 aliphatic rings. The third-order valence-electron chi connectivity index (χ3n) is 6.43. The molecular formula is C27H32BN3O9. The molecule has 1 fully saturated rings. The van der Waals surface area contributed by atoms with Crippen LogP contribution in [-0.2, 0) is 39.6 Å². The molecule has 1 aliphatic heterocycles. The molecule has 0 radical (unpaired) electrons. The summed E-state index contributed by atoms with van der Waals surface area (Å²) in [7, 11) is -0.173. The summed E-state index contributed by atoms with van der Waals surface area (Å²) in [5, 5.41) is 12.1. The smallest absolute Gasteiger partial charge is 0.507 e. The normalized spacial score (nSPS) is 18.1. The number of nitrogens with zero attached hydrogens (tertiary/aromatic N) is 2. The maximum atomic E-state index is 13.7. The Morgan fingerprint density at radius 1 is 1.12 bits per heavy atom. The van der Waals surface area contributed by atoms with E-state index in [0.29, 0.717) is 6.42 Å². The van der Waals surface area contributed by atoms with E-state index in [1.165, 1.54) is 18.6 Å². The van der Waals surface area contributed by atoms with E-state index >= 15 is 0 Å². The number of esters is 1. The van der Waals surface area contributed by atoms with Gasteiger partial charge in [-0.3, -0.25) is 29.0 Å². The molecule has 1 aromatic heterocycles. The molecule has 1 amide bonds. The number of nitrogens with one attached hydrogen (secondary N) is 1. The predicted molar refractivity (Wildman–Crippen MR) is 141 cm³/mol. The highest BCUT2D eigenvalue weighted by molar-refractivity contribution is 6.51. The number of amides is 1. The van der Waals surface area contributed by atoms with Crippen LogP contribution in [0.15, 0.2) is 48.9 Å². The molecule has 2 aromatic rings. The van der Waals surface area contributed by atoms with Gasteiger partial charge in [-0.25, -0.2) is 4.98 Å². The number of rotatable bonds is 14. The average molecular weight is 553 g/mol. The molecule has 2 N–H and O–H groups in total. The minimum atomic E-state index is -2.08. The third-order valence-corrected chi connectivity index (χ3v) is 6.43. The Hall–Kier alpha value is -4.13. The van der Waals surface area contributed by atoms with E-state index in [1.54, 1.807) is 0 Å². The van der Waals surface area contributed by atoms with Crippen molar-refractivity contribution >= 4 is 36.7 Å². The molecule has 0 saturated carbocycles. The minimum Gasteiger partial charge on any atom is -0.507 e. The number of hydrogen-bond donors (Lipinski definition) is 2. The van der Waals surface area contributed by atoms with E-state index in [-0.39, 0.29) is 30.2 Å². The van der Waals surface area contributed by atoms with Crippen molar-refractivity contribution in [1.29, 1.82) is 0 Å². The first-order valence-corrected chi connectivity index (χ1v) is 12.8. The number of benzene rings is 1. The van der Waals surface area contributed by atoms with Gasteiger partial charge in [-0.15, -0.1) is 0 Å². The van der Waals surface area contributed by atoms with Crippen LogP contribution < -0.4 is 5.32 Å². The summed E-state index contributed by atoms with van der Waals surface area (Å²) < 4.78 is 15.9. The van der Waals surface area contributed by atoms with Gasteiger partial charge in [0.1, 0.15) is 5.69 Å². The number of aliphatic carboxylic acids is 1. The molecular weight excluding hydrogens is 521 g/mol. The van der Waals surface area contributed by atoms with Crippen molar-refractivity contribution in [2.45, 2.75) is 63.4 Å². The fourth-order valence-electron chi connectivity index (χ4n) is 4.58. The molecule has 3 rings (SSSR count). The van der Waals surface area contributed by atoms with Crippen LogP contribution in [0.3, 0.4) is 0 Å². The number of carboxylic acid groups (broad SMARTS) is 1. The highest BCUT2D eigenvalue weighted by Gasteiger charge is 2.57. The van der Waals surface area contributed by atoms with E-state index in [2.05, 4.69) is 20.0 Å². The van der Waals surface area contributed by atoms with Crippen LogP contribution in [0.5, 0.6) is 0 Å². The second kappa shape index (κ2) is 13.8. The topological polar surface area (TPSA) is 171 Å². The molecule has 12 nitrogen and oxygen atoms in total. The van der Waals surface area contributed by atoms with Crippen molar-refractivity contribution in [1.82, 2.24) is 15.3 Å². The van der Waals surface area contributed by atoms with E-state index < -0.39 is 61.2 Å². The molecule has 0 spiro atoms. The summed E-state index contributed by atoms with van der Waals surface area (Å²) in [6.45, 7) is 3.81. The van der Waals surface area contributed by atoms with Crippen LogP contribution in [0.4, 0.5) is 0 Å². The number of methoxy groups -OCH3 is 1. The van der Waals surface area contributed by atoms with Crippen LogP contribution in [0.25, 0.3) is 0 Å². The van der Waals surface area contributed by atoms with Crippen molar-refractivity contribution in [3.05, 3.63) is 60.2 Å². The van der Waals surface area contributed by atoms with Gasteiger partial charge in [-0.05, 0) is 24.3 Å². The Morgan fingerprint density at radius 3 is 2.45 bits per heavy atom. The third kappa shape index (κ3) is 8.19. The first-order chi connectivity index (χ1) is 19.0. The fraction of sp³-hybridized carbons (Fsp3) is 0.444. The van der Waals surface area contributed by atoms with Crippen molar-refractivity contribution in [3.63, 3.8) is 0 Å².